The number of pyridine rings is 4. The van der Waals surface area contributed by atoms with E-state index in [4.69, 9.17) is 14.2 Å². The molecule has 27 heteroatoms. The number of nitrogens with zero attached hydrogens (tertiary/aromatic N) is 12. The van der Waals surface area contributed by atoms with E-state index in [1.165, 1.54) is 88.6 Å². The molecule has 126 heavy (non-hydrogen) atoms. The zero-order chi connectivity index (χ0) is 87.9. The molecule has 1 aliphatic carbocycles. The SMILES string of the molecule is CC(C)(OCC1CCCCC1)c1csc(NC(=O)c2cccn2Cc2ccncc2)n1.CC(C)(OCc1ccccc1)c1csc(NC(=O)c2cccn2Cc2ccncc2)n1.CC(OC(C)(C)c1csc(NC(=O)c2cccn2CCCc2ccncc2)n1)c1ccccc1.O=C(Nc1nc(/C=C/c2ccccc2)cs1)c1cccn1CCCc1ccncc1. The zero-order valence-electron chi connectivity index (χ0n) is 71.9. The van der Waals surface area contributed by atoms with Crippen molar-refractivity contribution in [2.24, 2.45) is 5.92 Å². The first-order valence-electron chi connectivity index (χ1n) is 42.3. The fraction of sp³-hybridized carbons (Fsp3) is 0.273. The molecule has 1 unspecified atom stereocenters. The number of benzene rings is 3. The quantitative estimate of drug-likeness (QED) is 0.0292. The highest BCUT2D eigenvalue weighted by Crippen LogP contribution is 2.36. The molecular formula is C99H106N16O7S4. The van der Waals surface area contributed by atoms with Crippen molar-refractivity contribution in [1.29, 1.82) is 0 Å². The predicted octanol–water partition coefficient (Wildman–Crippen LogP) is 22.2. The first-order chi connectivity index (χ1) is 61.2. The van der Waals surface area contributed by atoms with Gasteiger partial charge in [0.2, 0.25) is 0 Å². The summed E-state index contributed by atoms with van der Waals surface area (Å²) >= 11 is 5.66. The average molecular weight is 1760 g/mol. The Morgan fingerprint density at radius 2 is 0.778 bits per heavy atom. The normalized spacial score (nSPS) is 12.5. The van der Waals surface area contributed by atoms with Crippen LogP contribution in [0.1, 0.15) is 203 Å². The second-order valence-corrected chi connectivity index (χ2v) is 35.3. The van der Waals surface area contributed by atoms with Gasteiger partial charge in [-0.3, -0.25) is 60.4 Å². The molecule has 0 aliphatic heterocycles. The van der Waals surface area contributed by atoms with Gasteiger partial charge in [-0.2, -0.15) is 0 Å². The zero-order valence-corrected chi connectivity index (χ0v) is 75.2. The predicted molar refractivity (Wildman–Crippen MR) is 504 cm³/mol. The van der Waals surface area contributed by atoms with Crippen LogP contribution in [0.2, 0.25) is 0 Å². The Morgan fingerprint density at radius 1 is 0.405 bits per heavy atom. The largest absolute Gasteiger partial charge is 0.369 e. The van der Waals surface area contributed by atoms with E-state index in [0.29, 0.717) is 68.9 Å². The molecule has 3 aromatic carbocycles. The van der Waals surface area contributed by atoms with Gasteiger partial charge in [0, 0.05) is 122 Å². The number of rotatable bonds is 34. The fourth-order valence-corrected chi connectivity index (χ4v) is 17.4. The van der Waals surface area contributed by atoms with E-state index in [1.807, 2.05) is 281 Å². The van der Waals surface area contributed by atoms with Crippen LogP contribution in [0, 0.1) is 5.92 Å². The summed E-state index contributed by atoms with van der Waals surface area (Å²) in [6, 6.07) is 60.9. The molecule has 0 spiro atoms. The molecule has 0 saturated heterocycles. The second kappa shape index (κ2) is 45.3. The molecule has 0 bridgehead atoms. The van der Waals surface area contributed by atoms with Crippen molar-refractivity contribution in [2.75, 3.05) is 27.9 Å². The van der Waals surface area contributed by atoms with E-state index in [0.717, 1.165) is 96.0 Å². The summed E-state index contributed by atoms with van der Waals surface area (Å²) in [7, 11) is 0. The Balaban J connectivity index is 0.000000144. The summed E-state index contributed by atoms with van der Waals surface area (Å²) in [5, 5.41) is 21.8. The summed E-state index contributed by atoms with van der Waals surface area (Å²) < 4.78 is 26.5. The monoisotopic (exact) mass is 1760 g/mol. The molecule has 1 fully saturated rings. The van der Waals surface area contributed by atoms with Crippen molar-refractivity contribution in [3.63, 3.8) is 0 Å². The highest BCUT2D eigenvalue weighted by atomic mass is 32.1. The van der Waals surface area contributed by atoms with Crippen LogP contribution >= 0.6 is 45.3 Å². The highest BCUT2D eigenvalue weighted by molar-refractivity contribution is 7.15. The van der Waals surface area contributed by atoms with Crippen molar-refractivity contribution in [1.82, 2.24) is 58.1 Å². The topological polar surface area (TPSA) is 267 Å². The van der Waals surface area contributed by atoms with E-state index in [1.54, 1.807) is 55.6 Å². The third-order valence-electron chi connectivity index (χ3n) is 21.3. The Labute approximate surface area is 752 Å². The molecule has 4 N–H and O–H groups in total. The number of anilines is 4. The number of amides is 4. The fourth-order valence-electron chi connectivity index (χ4n) is 14.1. The minimum absolute atomic E-state index is 0.0774. The van der Waals surface area contributed by atoms with Crippen molar-refractivity contribution in [2.45, 2.75) is 162 Å². The Morgan fingerprint density at radius 3 is 1.22 bits per heavy atom. The molecule has 15 aromatic rings. The van der Waals surface area contributed by atoms with Gasteiger partial charge in [0.15, 0.2) is 20.5 Å². The minimum atomic E-state index is -0.595. The minimum Gasteiger partial charge on any atom is -0.369 e. The van der Waals surface area contributed by atoms with E-state index < -0.39 is 16.8 Å². The lowest BCUT2D eigenvalue weighted by molar-refractivity contribution is -0.0724. The van der Waals surface area contributed by atoms with Crippen molar-refractivity contribution < 1.29 is 33.4 Å². The van der Waals surface area contributed by atoms with E-state index in [2.05, 4.69) is 87.1 Å². The van der Waals surface area contributed by atoms with E-state index >= 15 is 0 Å². The molecule has 1 atom stereocenters. The van der Waals surface area contributed by atoms with Crippen LogP contribution < -0.4 is 21.3 Å². The summed E-state index contributed by atoms with van der Waals surface area (Å²) in [6.45, 7) is 18.1. The third-order valence-corrected chi connectivity index (χ3v) is 24.3. The maximum Gasteiger partial charge on any atom is 0.274 e. The van der Waals surface area contributed by atoms with Gasteiger partial charge in [-0.05, 0) is 235 Å². The number of carbonyl (C=O) groups is 4. The van der Waals surface area contributed by atoms with E-state index in [9.17, 15) is 19.2 Å². The molecule has 1 saturated carbocycles. The van der Waals surface area contributed by atoms with Gasteiger partial charge in [-0.25, -0.2) is 19.9 Å². The number of hydrogen-bond donors (Lipinski definition) is 4. The Kier molecular flexibility index (Phi) is 32.8. The average Bonchev–Trinajstić information content (AvgIpc) is 1.68. The number of carbonyl (C=O) groups excluding carboxylic acids is 4. The Bertz CT molecular complexity index is 5880. The number of aryl methyl sites for hydroxylation is 4. The smallest absolute Gasteiger partial charge is 0.274 e. The van der Waals surface area contributed by atoms with Crippen LogP contribution in [-0.2, 0) is 76.6 Å². The van der Waals surface area contributed by atoms with Crippen molar-refractivity contribution in [3.8, 4) is 0 Å². The molecule has 12 heterocycles. The van der Waals surface area contributed by atoms with Gasteiger partial charge < -0.3 is 32.5 Å². The van der Waals surface area contributed by atoms with Gasteiger partial charge >= 0.3 is 0 Å². The maximum absolute atomic E-state index is 12.9. The van der Waals surface area contributed by atoms with Crippen LogP contribution in [0.4, 0.5) is 20.5 Å². The van der Waals surface area contributed by atoms with Crippen LogP contribution in [0.25, 0.3) is 12.2 Å². The number of nitrogens with one attached hydrogen (secondary N) is 4. The molecule has 0 radical (unpaired) electrons. The van der Waals surface area contributed by atoms with Gasteiger partial charge in [-0.15, -0.1) is 45.3 Å². The van der Waals surface area contributed by atoms with Gasteiger partial charge in [-0.1, -0.05) is 116 Å². The van der Waals surface area contributed by atoms with Crippen LogP contribution in [0.3, 0.4) is 0 Å². The lowest BCUT2D eigenvalue weighted by Crippen LogP contribution is -2.26. The summed E-state index contributed by atoms with van der Waals surface area (Å²) in [5.74, 6) is -0.00842. The highest BCUT2D eigenvalue weighted by Gasteiger charge is 2.31. The first-order valence-corrected chi connectivity index (χ1v) is 45.8. The lowest BCUT2D eigenvalue weighted by atomic mass is 9.90. The van der Waals surface area contributed by atoms with Gasteiger partial charge in [0.05, 0.1) is 42.1 Å². The van der Waals surface area contributed by atoms with Crippen LogP contribution in [0.5, 0.6) is 0 Å². The van der Waals surface area contributed by atoms with Crippen LogP contribution in [0.15, 0.2) is 284 Å². The number of ether oxygens (including phenoxy) is 3. The molecule has 16 rings (SSSR count). The molecule has 648 valence electrons. The molecule has 1 aliphatic rings. The molecule has 23 nitrogen and oxygen atoms in total. The van der Waals surface area contributed by atoms with E-state index in [-0.39, 0.29) is 29.7 Å². The summed E-state index contributed by atoms with van der Waals surface area (Å²) in [6.07, 6.45) is 36.1. The van der Waals surface area contributed by atoms with Gasteiger partial charge in [0.25, 0.3) is 23.6 Å². The first kappa shape index (κ1) is 91.1. The standard InChI is InChI=1S/C27H30N4O2S.C24H30N4O2S.C24H24N4O2S.C24H22N4OS/c1-20(22-10-5-4-6-11-22)33-27(2,3)24-19-34-26(29-24)30-25(32)23-12-8-18-31(23)17-7-9-21-13-15-28-16-14-21;2*1-24(2,30-16-19-7-4-3-5-8-19)21-17-31-23(26-21)27-22(29)20-9-6-14-28(20)15-18-10-12-25-13-11-18;29-23(22-9-5-17-28(22)16-4-8-20-12-14-25-15-13-20)27-24-26-21(18-30-24)11-10-19-6-2-1-3-7-19/h4-6,8,10-16,18-20H,7,9,17H2,1-3H3,(H,29,30,32);6,9-14,17,19H,3-5,7-8,15-16H2,1-2H3,(H,26,27,29);3-14,17H,15-16H2,1-2H3,(H,26,27,29);1-3,5-7,9-15,17-18H,4,8,16H2,(H,26,27,29)/b;;;11-10+. The maximum atomic E-state index is 12.9. The van der Waals surface area contributed by atoms with Crippen LogP contribution in [-0.4, -0.2) is 88.4 Å². The molecule has 4 amide bonds. The van der Waals surface area contributed by atoms with Crippen molar-refractivity contribution in [3.05, 3.63) is 368 Å². The lowest BCUT2D eigenvalue weighted by Gasteiger charge is -2.28. The third kappa shape index (κ3) is 27.2. The Hall–Kier alpha value is -12.6. The molecule has 12 aromatic heterocycles. The van der Waals surface area contributed by atoms with Gasteiger partial charge in [0.1, 0.15) is 39.6 Å². The number of thiazole rings is 4. The summed E-state index contributed by atoms with van der Waals surface area (Å²) in [5.41, 5.74) is 12.1. The number of hydrogen-bond acceptors (Lipinski definition) is 19. The van der Waals surface area contributed by atoms with Crippen molar-refractivity contribution >= 4 is 102 Å². The molecular weight excluding hydrogens is 1650 g/mol. The number of aromatic nitrogens is 12. The summed E-state index contributed by atoms with van der Waals surface area (Å²) in [4.78, 5) is 86.0. The second-order valence-electron chi connectivity index (χ2n) is 31.9.